The maximum absolute atomic E-state index is 10.9. The molecule has 0 saturated heterocycles. The molecule has 0 amide bonds. The number of aliphatic carboxylic acids is 1. The van der Waals surface area contributed by atoms with Gasteiger partial charge in [0.15, 0.2) is 17.6 Å². The zero-order chi connectivity index (χ0) is 15.4. The van der Waals surface area contributed by atoms with Crippen LogP contribution in [-0.2, 0) is 4.79 Å². The average Bonchev–Trinajstić information content (AvgIpc) is 2.43. The van der Waals surface area contributed by atoms with Crippen LogP contribution in [0.15, 0.2) is 42.5 Å². The minimum absolute atomic E-state index is 0.318. The van der Waals surface area contributed by atoms with Crippen LogP contribution in [0.2, 0.25) is 10.0 Å². The zero-order valence-electron chi connectivity index (χ0n) is 11.0. The number of ether oxygens (including phenoxy) is 2. The topological polar surface area (TPSA) is 55.8 Å². The van der Waals surface area contributed by atoms with Crippen LogP contribution < -0.4 is 9.47 Å². The van der Waals surface area contributed by atoms with Crippen molar-refractivity contribution in [3.05, 3.63) is 52.5 Å². The summed E-state index contributed by atoms with van der Waals surface area (Å²) in [4.78, 5) is 10.9. The van der Waals surface area contributed by atoms with E-state index in [2.05, 4.69) is 0 Å². The lowest BCUT2D eigenvalue weighted by Crippen LogP contribution is -2.23. The van der Waals surface area contributed by atoms with Gasteiger partial charge in [0.05, 0.1) is 5.02 Å². The highest BCUT2D eigenvalue weighted by Crippen LogP contribution is 2.36. The summed E-state index contributed by atoms with van der Waals surface area (Å²) >= 11 is 11.9. The Morgan fingerprint density at radius 3 is 2.38 bits per heavy atom. The molecule has 2 aromatic rings. The minimum Gasteiger partial charge on any atom is -0.479 e. The highest BCUT2D eigenvalue weighted by molar-refractivity contribution is 6.35. The molecule has 0 bridgehead atoms. The summed E-state index contributed by atoms with van der Waals surface area (Å²) in [7, 11) is 0. The second kappa shape index (κ2) is 6.70. The van der Waals surface area contributed by atoms with Crippen molar-refractivity contribution >= 4 is 29.2 Å². The summed E-state index contributed by atoms with van der Waals surface area (Å²) in [5.74, 6) is 0.0302. The van der Waals surface area contributed by atoms with Gasteiger partial charge in [-0.2, -0.15) is 0 Å². The number of rotatable bonds is 5. The van der Waals surface area contributed by atoms with E-state index < -0.39 is 12.1 Å². The van der Waals surface area contributed by atoms with Gasteiger partial charge in [-0.25, -0.2) is 4.79 Å². The minimum atomic E-state index is -1.06. The molecule has 0 fully saturated rings. The number of hydrogen-bond donors (Lipinski definition) is 1. The Morgan fingerprint density at radius 1 is 1.10 bits per heavy atom. The molecule has 0 aliphatic heterocycles. The predicted octanol–water partition coefficient (Wildman–Crippen LogP) is 4.64. The molecular formula is C15H12Cl2O4. The van der Waals surface area contributed by atoms with Crippen LogP contribution in [0.1, 0.15) is 6.92 Å². The Hall–Kier alpha value is -1.91. The van der Waals surface area contributed by atoms with Gasteiger partial charge in [-0.3, -0.25) is 0 Å². The largest absolute Gasteiger partial charge is 0.479 e. The average molecular weight is 327 g/mol. The molecule has 0 aliphatic rings. The van der Waals surface area contributed by atoms with Crippen LogP contribution in [0.5, 0.6) is 17.2 Å². The van der Waals surface area contributed by atoms with E-state index >= 15 is 0 Å². The van der Waals surface area contributed by atoms with Crippen LogP contribution >= 0.6 is 23.2 Å². The first-order chi connectivity index (χ1) is 9.97. The van der Waals surface area contributed by atoms with Crippen molar-refractivity contribution in [3.8, 4) is 17.2 Å². The molecule has 21 heavy (non-hydrogen) atoms. The van der Waals surface area contributed by atoms with Crippen molar-refractivity contribution in [3.63, 3.8) is 0 Å². The summed E-state index contributed by atoms with van der Waals surface area (Å²) in [6.07, 6.45) is -0.990. The molecule has 2 rings (SSSR count). The third kappa shape index (κ3) is 4.03. The molecular weight excluding hydrogens is 315 g/mol. The Balaban J connectivity index is 2.26. The fourth-order valence-corrected chi connectivity index (χ4v) is 2.00. The molecule has 2 aromatic carbocycles. The Bertz CT molecular complexity index is 658. The van der Waals surface area contributed by atoms with Crippen LogP contribution in [0.25, 0.3) is 0 Å². The monoisotopic (exact) mass is 326 g/mol. The van der Waals surface area contributed by atoms with Crippen LogP contribution in [0.4, 0.5) is 0 Å². The Kier molecular flexibility index (Phi) is 4.94. The summed E-state index contributed by atoms with van der Waals surface area (Å²) in [5.41, 5.74) is 0. The molecule has 0 aromatic heterocycles. The van der Waals surface area contributed by atoms with Crippen molar-refractivity contribution in [2.24, 2.45) is 0 Å². The van der Waals surface area contributed by atoms with E-state index in [1.54, 1.807) is 42.5 Å². The van der Waals surface area contributed by atoms with E-state index in [9.17, 15) is 4.79 Å². The lowest BCUT2D eigenvalue weighted by atomic mass is 10.3. The number of carboxylic acids is 1. The standard InChI is InChI=1S/C15H12Cl2O4/c1-9(15(18)19)20-13-4-2-3-5-14(13)21-12-7-6-10(16)8-11(12)17/h2-9H,1H3,(H,18,19). The first kappa shape index (κ1) is 15.5. The van der Waals surface area contributed by atoms with E-state index in [4.69, 9.17) is 37.8 Å². The molecule has 0 heterocycles. The van der Waals surface area contributed by atoms with Crippen LogP contribution in [-0.4, -0.2) is 17.2 Å². The normalized spacial score (nSPS) is 11.8. The molecule has 0 radical (unpaired) electrons. The van der Waals surface area contributed by atoms with E-state index in [-0.39, 0.29) is 0 Å². The summed E-state index contributed by atoms with van der Waals surface area (Å²) in [6, 6.07) is 11.6. The summed E-state index contributed by atoms with van der Waals surface area (Å²) in [6.45, 7) is 1.44. The Morgan fingerprint density at radius 2 is 1.76 bits per heavy atom. The van der Waals surface area contributed by atoms with Crippen molar-refractivity contribution in [2.75, 3.05) is 0 Å². The maximum atomic E-state index is 10.9. The molecule has 1 unspecified atom stereocenters. The highest BCUT2D eigenvalue weighted by Gasteiger charge is 2.16. The second-order valence-corrected chi connectivity index (χ2v) is 5.07. The van der Waals surface area contributed by atoms with Gasteiger partial charge in [-0.1, -0.05) is 35.3 Å². The molecule has 110 valence electrons. The van der Waals surface area contributed by atoms with Gasteiger partial charge in [0, 0.05) is 5.02 Å². The molecule has 0 saturated carbocycles. The third-order valence-electron chi connectivity index (χ3n) is 2.61. The van der Waals surface area contributed by atoms with Crippen molar-refractivity contribution in [2.45, 2.75) is 13.0 Å². The van der Waals surface area contributed by atoms with Crippen molar-refractivity contribution in [1.29, 1.82) is 0 Å². The molecule has 1 atom stereocenters. The fourth-order valence-electron chi connectivity index (χ4n) is 1.55. The number of para-hydroxylation sites is 2. The highest BCUT2D eigenvalue weighted by atomic mass is 35.5. The molecule has 0 aliphatic carbocycles. The molecule has 6 heteroatoms. The summed E-state index contributed by atoms with van der Waals surface area (Å²) in [5, 5.41) is 9.74. The molecule has 1 N–H and O–H groups in total. The van der Waals surface area contributed by atoms with Crippen LogP contribution in [0, 0.1) is 0 Å². The van der Waals surface area contributed by atoms with Gasteiger partial charge in [0.2, 0.25) is 0 Å². The number of benzene rings is 2. The SMILES string of the molecule is CC(Oc1ccccc1Oc1ccc(Cl)cc1Cl)C(=O)O. The van der Waals surface area contributed by atoms with Gasteiger partial charge in [-0.15, -0.1) is 0 Å². The smallest absolute Gasteiger partial charge is 0.344 e. The number of hydrogen-bond acceptors (Lipinski definition) is 3. The van der Waals surface area contributed by atoms with E-state index in [0.717, 1.165) is 0 Å². The van der Waals surface area contributed by atoms with E-state index in [0.29, 0.717) is 27.3 Å². The lowest BCUT2D eigenvalue weighted by Gasteiger charge is -2.15. The van der Waals surface area contributed by atoms with Crippen molar-refractivity contribution < 1.29 is 19.4 Å². The number of carboxylic acid groups (broad SMARTS) is 1. The second-order valence-electron chi connectivity index (χ2n) is 4.22. The number of halogens is 2. The number of carbonyl (C=O) groups is 1. The Labute approximate surface area is 131 Å². The molecule has 0 spiro atoms. The van der Waals surface area contributed by atoms with Gasteiger partial charge in [-0.05, 0) is 37.3 Å². The fraction of sp³-hybridized carbons (Fsp3) is 0.133. The van der Waals surface area contributed by atoms with Gasteiger partial charge >= 0.3 is 5.97 Å². The maximum Gasteiger partial charge on any atom is 0.344 e. The summed E-state index contributed by atoms with van der Waals surface area (Å²) < 4.78 is 11.0. The first-order valence-electron chi connectivity index (χ1n) is 6.09. The van der Waals surface area contributed by atoms with Gasteiger partial charge in [0.25, 0.3) is 0 Å². The van der Waals surface area contributed by atoms with E-state index in [1.165, 1.54) is 6.92 Å². The van der Waals surface area contributed by atoms with Crippen LogP contribution in [0.3, 0.4) is 0 Å². The quantitative estimate of drug-likeness (QED) is 0.869. The van der Waals surface area contributed by atoms with Gasteiger partial charge < -0.3 is 14.6 Å². The zero-order valence-corrected chi connectivity index (χ0v) is 12.6. The van der Waals surface area contributed by atoms with Crippen molar-refractivity contribution in [1.82, 2.24) is 0 Å². The lowest BCUT2D eigenvalue weighted by molar-refractivity contribution is -0.144. The third-order valence-corrected chi connectivity index (χ3v) is 3.14. The van der Waals surface area contributed by atoms with E-state index in [1.807, 2.05) is 0 Å². The van der Waals surface area contributed by atoms with Gasteiger partial charge in [0.1, 0.15) is 5.75 Å². The predicted molar refractivity (Wildman–Crippen MR) is 80.7 cm³/mol. The molecule has 4 nitrogen and oxygen atoms in total. The first-order valence-corrected chi connectivity index (χ1v) is 6.84.